The fraction of sp³-hybridized carbons (Fsp3) is 0.250. The molecule has 1 aliphatic heterocycles. The van der Waals surface area contributed by atoms with Crippen molar-refractivity contribution >= 4 is 40.2 Å². The van der Waals surface area contributed by atoms with Crippen LogP contribution >= 0.6 is 23.2 Å². The summed E-state index contributed by atoms with van der Waals surface area (Å²) in [5.41, 5.74) is 9.16. The Morgan fingerprint density at radius 1 is 1.12 bits per heavy atom. The van der Waals surface area contributed by atoms with Crippen LogP contribution in [-0.2, 0) is 5.54 Å². The summed E-state index contributed by atoms with van der Waals surface area (Å²) in [6, 6.07) is 15.3. The van der Waals surface area contributed by atoms with Crippen molar-refractivity contribution < 1.29 is 4.74 Å². The Hall–Kier alpha value is -3.38. The number of rotatable bonds is 4. The van der Waals surface area contributed by atoms with Crippen LogP contribution < -0.4 is 15.4 Å². The van der Waals surface area contributed by atoms with Crippen molar-refractivity contribution in [3.63, 3.8) is 0 Å². The molecule has 10 heteroatoms. The third kappa shape index (κ3) is 3.82. The second-order valence-corrected chi connectivity index (χ2v) is 9.04. The van der Waals surface area contributed by atoms with Gasteiger partial charge in [-0.1, -0.05) is 47.5 Å². The molecular formula is C24H21Cl2N7O. The first-order valence-electron chi connectivity index (χ1n) is 10.7. The van der Waals surface area contributed by atoms with Crippen LogP contribution in [0.25, 0.3) is 22.3 Å². The Kier molecular flexibility index (Phi) is 5.78. The molecule has 0 spiro atoms. The Labute approximate surface area is 206 Å². The minimum atomic E-state index is -0.449. The molecule has 0 atom stereocenters. The van der Waals surface area contributed by atoms with Gasteiger partial charge in [-0.25, -0.2) is 4.98 Å². The molecule has 1 fully saturated rings. The Bertz CT molecular complexity index is 1400. The highest BCUT2D eigenvalue weighted by Crippen LogP contribution is 2.37. The molecule has 8 nitrogen and oxygen atoms in total. The number of nitrogens with two attached hydrogens (primary N) is 1. The lowest BCUT2D eigenvalue weighted by Crippen LogP contribution is -2.48. The van der Waals surface area contributed by atoms with Crippen LogP contribution in [0.1, 0.15) is 24.1 Å². The number of hydrogen-bond acceptors (Lipinski definition) is 7. The molecule has 0 unspecified atom stereocenters. The zero-order valence-corrected chi connectivity index (χ0v) is 19.9. The number of ether oxygens (including phenoxy) is 1. The number of aromatic nitrogens is 4. The normalized spacial score (nSPS) is 15.3. The molecule has 0 amide bonds. The number of piperidine rings is 1. The van der Waals surface area contributed by atoms with Gasteiger partial charge in [0.1, 0.15) is 17.5 Å². The zero-order chi connectivity index (χ0) is 23.9. The number of H-pyrrole nitrogens is 1. The lowest BCUT2D eigenvalue weighted by molar-refractivity contribution is 0.340. The Balaban J connectivity index is 1.44. The van der Waals surface area contributed by atoms with E-state index in [0.717, 1.165) is 24.2 Å². The molecular weight excluding hydrogens is 473 g/mol. The van der Waals surface area contributed by atoms with Gasteiger partial charge < -0.3 is 15.4 Å². The number of nitrogens with zero attached hydrogens (tertiary/aromatic N) is 5. The highest BCUT2D eigenvalue weighted by molar-refractivity contribution is 6.43. The van der Waals surface area contributed by atoms with E-state index in [1.54, 1.807) is 25.3 Å². The molecule has 3 N–H and O–H groups in total. The fourth-order valence-electron chi connectivity index (χ4n) is 4.34. The largest absolute Gasteiger partial charge is 0.497 e. The quantitative estimate of drug-likeness (QED) is 0.424. The van der Waals surface area contributed by atoms with E-state index < -0.39 is 5.54 Å². The number of fused-ring (bicyclic) bond motifs is 1. The summed E-state index contributed by atoms with van der Waals surface area (Å²) in [7, 11) is 1.64. The first kappa shape index (κ1) is 22.4. The number of nitriles is 1. The maximum Gasteiger partial charge on any atom is 0.228 e. The number of aromatic amines is 1. The van der Waals surface area contributed by atoms with E-state index in [1.165, 1.54) is 0 Å². The summed E-state index contributed by atoms with van der Waals surface area (Å²) < 4.78 is 5.25. The van der Waals surface area contributed by atoms with Crippen molar-refractivity contribution in [2.75, 3.05) is 25.1 Å². The lowest BCUT2D eigenvalue weighted by atomic mass is 9.82. The van der Waals surface area contributed by atoms with Crippen LogP contribution in [0.4, 0.5) is 5.95 Å². The highest BCUT2D eigenvalue weighted by Gasteiger charge is 2.33. The third-order valence-electron chi connectivity index (χ3n) is 6.32. The second kappa shape index (κ2) is 8.76. The molecule has 1 saturated heterocycles. The minimum absolute atomic E-state index is 0.222. The van der Waals surface area contributed by atoms with E-state index in [-0.39, 0.29) is 5.69 Å². The summed E-state index contributed by atoms with van der Waals surface area (Å²) in [6.07, 6.45) is 1.43. The van der Waals surface area contributed by atoms with Crippen molar-refractivity contribution in [2.24, 2.45) is 5.73 Å². The van der Waals surface area contributed by atoms with Crippen molar-refractivity contribution in [1.29, 1.82) is 5.26 Å². The van der Waals surface area contributed by atoms with Gasteiger partial charge in [0, 0.05) is 24.2 Å². The number of hydrogen-bond donors (Lipinski definition) is 2. The van der Waals surface area contributed by atoms with E-state index in [4.69, 9.17) is 33.7 Å². The molecule has 0 bridgehead atoms. The van der Waals surface area contributed by atoms with Gasteiger partial charge in [0.15, 0.2) is 11.3 Å². The Morgan fingerprint density at radius 3 is 2.53 bits per heavy atom. The maximum atomic E-state index is 9.86. The maximum absolute atomic E-state index is 9.86. The molecule has 0 radical (unpaired) electrons. The van der Waals surface area contributed by atoms with E-state index in [1.807, 2.05) is 29.2 Å². The number of nitrogens with one attached hydrogen (secondary N) is 1. The zero-order valence-electron chi connectivity index (χ0n) is 18.3. The molecule has 4 aromatic rings. The summed E-state index contributed by atoms with van der Waals surface area (Å²) >= 11 is 12.6. The third-order valence-corrected chi connectivity index (χ3v) is 7.14. The Morgan fingerprint density at radius 2 is 1.85 bits per heavy atom. The summed E-state index contributed by atoms with van der Waals surface area (Å²) in [6.45, 7) is 1.31. The van der Waals surface area contributed by atoms with Gasteiger partial charge in [-0.2, -0.15) is 15.3 Å². The van der Waals surface area contributed by atoms with Gasteiger partial charge >= 0.3 is 0 Å². The number of halogens is 2. The van der Waals surface area contributed by atoms with Crippen LogP contribution in [0.15, 0.2) is 42.5 Å². The average molecular weight is 494 g/mol. The first-order valence-corrected chi connectivity index (χ1v) is 11.5. The molecule has 172 valence electrons. The van der Waals surface area contributed by atoms with Crippen molar-refractivity contribution in [2.45, 2.75) is 18.4 Å². The molecule has 5 rings (SSSR count). The smallest absolute Gasteiger partial charge is 0.228 e. The predicted octanol–water partition coefficient (Wildman–Crippen LogP) is 4.66. The summed E-state index contributed by atoms with van der Waals surface area (Å²) in [5.74, 6) is 1.27. The monoisotopic (exact) mass is 493 g/mol. The molecule has 0 saturated carbocycles. The minimum Gasteiger partial charge on any atom is -0.497 e. The second-order valence-electron chi connectivity index (χ2n) is 8.25. The van der Waals surface area contributed by atoms with Crippen LogP contribution in [0.3, 0.4) is 0 Å². The molecule has 2 aromatic carbocycles. The van der Waals surface area contributed by atoms with E-state index >= 15 is 0 Å². The highest BCUT2D eigenvalue weighted by atomic mass is 35.5. The van der Waals surface area contributed by atoms with Gasteiger partial charge in [-0.05, 0) is 36.6 Å². The SMILES string of the molecule is COc1ccc(C2(N)CCN(c3nc(C#N)c4c(-c5cccc(Cl)c5Cl)n[nH]c4n3)CC2)cc1. The van der Waals surface area contributed by atoms with E-state index in [9.17, 15) is 5.26 Å². The van der Waals surface area contributed by atoms with Crippen LogP contribution in [-0.4, -0.2) is 40.4 Å². The molecule has 3 heterocycles. The number of anilines is 1. The summed E-state index contributed by atoms with van der Waals surface area (Å²) in [5, 5.41) is 18.4. The number of methoxy groups -OCH3 is 1. The first-order chi connectivity index (χ1) is 16.4. The molecule has 0 aliphatic carbocycles. The topological polar surface area (TPSA) is 117 Å². The van der Waals surface area contributed by atoms with Gasteiger partial charge in [-0.15, -0.1) is 0 Å². The van der Waals surface area contributed by atoms with Crippen molar-refractivity contribution in [3.8, 4) is 23.1 Å². The van der Waals surface area contributed by atoms with Gasteiger partial charge in [-0.3, -0.25) is 5.10 Å². The van der Waals surface area contributed by atoms with Crippen LogP contribution in [0.2, 0.25) is 10.0 Å². The van der Waals surface area contributed by atoms with Crippen molar-refractivity contribution in [1.82, 2.24) is 20.2 Å². The number of benzene rings is 2. The standard InChI is InChI=1S/C24H21Cl2N7O/c1-34-15-7-5-14(6-8-15)24(28)9-11-33(12-10-24)23-29-18(13-27)19-21(31-32-22(19)30-23)16-3-2-4-17(25)20(16)26/h2-8H,9-12,28H2,1H3,(H,29,30,31,32). The van der Waals surface area contributed by atoms with Crippen molar-refractivity contribution in [3.05, 3.63) is 63.8 Å². The predicted molar refractivity (Wildman–Crippen MR) is 132 cm³/mol. The van der Waals surface area contributed by atoms with Gasteiger partial charge in [0.2, 0.25) is 5.95 Å². The van der Waals surface area contributed by atoms with Gasteiger partial charge in [0.25, 0.3) is 0 Å². The van der Waals surface area contributed by atoms with Crippen LogP contribution in [0.5, 0.6) is 5.75 Å². The average Bonchev–Trinajstić information content (AvgIpc) is 3.29. The molecule has 2 aromatic heterocycles. The van der Waals surface area contributed by atoms with E-state index in [2.05, 4.69) is 26.2 Å². The van der Waals surface area contributed by atoms with Gasteiger partial charge in [0.05, 0.1) is 22.5 Å². The molecule has 34 heavy (non-hydrogen) atoms. The van der Waals surface area contributed by atoms with Crippen LogP contribution in [0, 0.1) is 11.3 Å². The molecule has 1 aliphatic rings. The lowest BCUT2D eigenvalue weighted by Gasteiger charge is -2.39. The van der Waals surface area contributed by atoms with E-state index in [0.29, 0.717) is 51.4 Å². The summed E-state index contributed by atoms with van der Waals surface area (Å²) in [4.78, 5) is 11.3. The fourth-order valence-corrected chi connectivity index (χ4v) is 4.73.